The first-order valence-corrected chi connectivity index (χ1v) is 6.40. The van der Waals surface area contributed by atoms with Gasteiger partial charge in [0, 0.05) is 19.3 Å². The molecular weight excluding hydrogens is 230 g/mol. The highest BCUT2D eigenvalue weighted by Crippen LogP contribution is 2.15. The lowest BCUT2D eigenvalue weighted by Gasteiger charge is -2.08. The summed E-state index contributed by atoms with van der Waals surface area (Å²) in [7, 11) is 1.67. The number of rotatable bonds is 10. The number of methoxy groups -OCH3 is 1. The highest BCUT2D eigenvalue weighted by molar-refractivity contribution is 5.46. The quantitative estimate of drug-likeness (QED) is 0.650. The van der Waals surface area contributed by atoms with Crippen molar-refractivity contribution in [2.75, 3.05) is 45.4 Å². The summed E-state index contributed by atoms with van der Waals surface area (Å²) < 4.78 is 15.8. The van der Waals surface area contributed by atoms with E-state index in [1.807, 2.05) is 24.3 Å². The van der Waals surface area contributed by atoms with Gasteiger partial charge in [0.15, 0.2) is 0 Å². The molecule has 0 heterocycles. The molecule has 4 nitrogen and oxygen atoms in total. The monoisotopic (exact) mass is 253 g/mol. The van der Waals surface area contributed by atoms with E-state index in [-0.39, 0.29) is 0 Å². The summed E-state index contributed by atoms with van der Waals surface area (Å²) in [4.78, 5) is 0. The van der Waals surface area contributed by atoms with Crippen LogP contribution in [0.1, 0.15) is 13.3 Å². The van der Waals surface area contributed by atoms with Crippen molar-refractivity contribution in [3.05, 3.63) is 24.3 Å². The van der Waals surface area contributed by atoms with Crippen LogP contribution in [0.3, 0.4) is 0 Å². The summed E-state index contributed by atoms with van der Waals surface area (Å²) in [5.41, 5.74) is 1.08. The second-order valence-corrected chi connectivity index (χ2v) is 3.90. The van der Waals surface area contributed by atoms with Crippen molar-refractivity contribution in [1.82, 2.24) is 0 Å². The van der Waals surface area contributed by atoms with Crippen LogP contribution < -0.4 is 10.1 Å². The largest absolute Gasteiger partial charge is 0.494 e. The average Bonchev–Trinajstić information content (AvgIpc) is 2.42. The van der Waals surface area contributed by atoms with Crippen LogP contribution in [0.15, 0.2) is 24.3 Å². The third kappa shape index (κ3) is 6.47. The van der Waals surface area contributed by atoms with Gasteiger partial charge in [-0.25, -0.2) is 0 Å². The Morgan fingerprint density at radius 3 is 2.44 bits per heavy atom. The van der Waals surface area contributed by atoms with Crippen molar-refractivity contribution in [2.24, 2.45) is 0 Å². The maximum absolute atomic E-state index is 5.51. The number of anilines is 1. The van der Waals surface area contributed by atoms with Crippen molar-refractivity contribution < 1.29 is 14.2 Å². The zero-order valence-corrected chi connectivity index (χ0v) is 11.3. The topological polar surface area (TPSA) is 39.7 Å². The molecule has 4 heteroatoms. The zero-order valence-electron chi connectivity index (χ0n) is 11.3. The molecule has 0 amide bonds. The van der Waals surface area contributed by atoms with Crippen molar-refractivity contribution in [2.45, 2.75) is 13.3 Å². The van der Waals surface area contributed by atoms with Crippen LogP contribution in [-0.2, 0) is 9.47 Å². The molecule has 1 rings (SSSR count). The number of nitrogens with one attached hydrogen (secondary N) is 1. The Morgan fingerprint density at radius 1 is 1.00 bits per heavy atom. The Labute approximate surface area is 109 Å². The van der Waals surface area contributed by atoms with Gasteiger partial charge in [0.1, 0.15) is 5.75 Å². The zero-order chi connectivity index (χ0) is 13.1. The van der Waals surface area contributed by atoms with Gasteiger partial charge >= 0.3 is 0 Å². The summed E-state index contributed by atoms with van der Waals surface area (Å²) in [5, 5.41) is 3.28. The molecule has 0 saturated heterocycles. The van der Waals surface area contributed by atoms with Crippen LogP contribution in [-0.4, -0.2) is 40.1 Å². The number of benzene rings is 1. The van der Waals surface area contributed by atoms with E-state index in [4.69, 9.17) is 14.2 Å². The fourth-order valence-corrected chi connectivity index (χ4v) is 1.40. The Morgan fingerprint density at radius 2 is 1.78 bits per heavy atom. The third-order valence-corrected chi connectivity index (χ3v) is 2.33. The minimum Gasteiger partial charge on any atom is -0.494 e. The van der Waals surface area contributed by atoms with Crippen molar-refractivity contribution >= 4 is 5.69 Å². The van der Waals surface area contributed by atoms with Crippen LogP contribution in [0.4, 0.5) is 5.69 Å². The molecule has 0 aliphatic rings. The summed E-state index contributed by atoms with van der Waals surface area (Å²) in [6, 6.07) is 7.98. The molecule has 0 aliphatic heterocycles. The van der Waals surface area contributed by atoms with Crippen molar-refractivity contribution in [1.29, 1.82) is 0 Å². The molecule has 0 radical (unpaired) electrons. The number of ether oxygens (including phenoxy) is 3. The molecule has 102 valence electrons. The predicted molar refractivity (Wildman–Crippen MR) is 73.4 cm³/mol. The first-order valence-electron chi connectivity index (χ1n) is 6.40. The smallest absolute Gasteiger partial charge is 0.119 e. The Balaban J connectivity index is 2.14. The van der Waals surface area contributed by atoms with E-state index >= 15 is 0 Å². The summed E-state index contributed by atoms with van der Waals surface area (Å²) in [6.45, 7) is 5.61. The average molecular weight is 253 g/mol. The maximum Gasteiger partial charge on any atom is 0.119 e. The number of hydrogen-bond acceptors (Lipinski definition) is 4. The first kappa shape index (κ1) is 14.8. The second-order valence-electron chi connectivity index (χ2n) is 3.90. The highest BCUT2D eigenvalue weighted by Gasteiger charge is 1.95. The lowest BCUT2D eigenvalue weighted by atomic mass is 10.3. The first-order chi connectivity index (χ1) is 8.86. The molecule has 0 saturated carbocycles. The molecule has 0 fully saturated rings. The molecule has 0 atom stereocenters. The fraction of sp³-hybridized carbons (Fsp3) is 0.571. The van der Waals surface area contributed by atoms with Gasteiger partial charge in [-0.2, -0.15) is 0 Å². The fourth-order valence-electron chi connectivity index (χ4n) is 1.40. The number of hydrogen-bond donors (Lipinski definition) is 1. The lowest BCUT2D eigenvalue weighted by molar-refractivity contribution is 0.0759. The van der Waals surface area contributed by atoms with Crippen LogP contribution >= 0.6 is 0 Å². The second kappa shape index (κ2) is 9.74. The van der Waals surface area contributed by atoms with Crippen molar-refractivity contribution in [3.63, 3.8) is 0 Å². The predicted octanol–water partition coefficient (Wildman–Crippen LogP) is 2.55. The van der Waals surface area contributed by atoms with Crippen LogP contribution in [0.25, 0.3) is 0 Å². The summed E-state index contributed by atoms with van der Waals surface area (Å²) >= 11 is 0. The summed E-state index contributed by atoms with van der Waals surface area (Å²) in [5.74, 6) is 0.916. The molecule has 0 spiro atoms. The van der Waals surface area contributed by atoms with Crippen LogP contribution in [0.5, 0.6) is 5.75 Å². The highest BCUT2D eigenvalue weighted by atomic mass is 16.5. The molecule has 0 bridgehead atoms. The summed E-state index contributed by atoms with van der Waals surface area (Å²) in [6.07, 6.45) is 1.03. The minimum atomic E-state index is 0.641. The van der Waals surface area contributed by atoms with Crippen LogP contribution in [0, 0.1) is 0 Å². The third-order valence-electron chi connectivity index (χ3n) is 2.33. The molecule has 0 aromatic heterocycles. The van der Waals surface area contributed by atoms with Gasteiger partial charge in [-0.15, -0.1) is 0 Å². The minimum absolute atomic E-state index is 0.641. The van der Waals surface area contributed by atoms with Gasteiger partial charge in [-0.3, -0.25) is 0 Å². The van der Waals surface area contributed by atoms with E-state index in [1.165, 1.54) is 0 Å². The van der Waals surface area contributed by atoms with Gasteiger partial charge in [-0.05, 0) is 30.7 Å². The van der Waals surface area contributed by atoms with Gasteiger partial charge in [0.2, 0.25) is 0 Å². The standard InChI is InChI=1S/C14H23NO3/c1-3-9-18-14-6-4-13(5-7-14)15-8-10-17-12-11-16-2/h4-7,15H,3,8-12H2,1-2H3. The van der Waals surface area contributed by atoms with E-state index in [9.17, 15) is 0 Å². The molecule has 18 heavy (non-hydrogen) atoms. The lowest BCUT2D eigenvalue weighted by Crippen LogP contribution is -2.11. The maximum atomic E-state index is 5.51. The Kier molecular flexibility index (Phi) is 8.01. The van der Waals surface area contributed by atoms with Gasteiger partial charge in [0.25, 0.3) is 0 Å². The molecule has 0 unspecified atom stereocenters. The van der Waals surface area contributed by atoms with E-state index in [0.29, 0.717) is 19.8 Å². The normalized spacial score (nSPS) is 10.3. The van der Waals surface area contributed by atoms with Gasteiger partial charge in [-0.1, -0.05) is 6.92 Å². The van der Waals surface area contributed by atoms with Crippen LogP contribution in [0.2, 0.25) is 0 Å². The van der Waals surface area contributed by atoms with E-state index < -0.39 is 0 Å². The Hall–Kier alpha value is -1.26. The molecule has 1 N–H and O–H groups in total. The van der Waals surface area contributed by atoms with E-state index in [0.717, 1.165) is 31.0 Å². The van der Waals surface area contributed by atoms with Crippen molar-refractivity contribution in [3.8, 4) is 5.75 Å². The van der Waals surface area contributed by atoms with E-state index in [1.54, 1.807) is 7.11 Å². The molecule has 1 aromatic rings. The van der Waals surface area contributed by atoms with Gasteiger partial charge in [0.05, 0.1) is 26.4 Å². The SMILES string of the molecule is CCCOc1ccc(NCCOCCOC)cc1. The molecule has 1 aromatic carbocycles. The van der Waals surface area contributed by atoms with E-state index in [2.05, 4.69) is 12.2 Å². The molecule has 0 aliphatic carbocycles. The van der Waals surface area contributed by atoms with Gasteiger partial charge < -0.3 is 19.5 Å². The molecular formula is C14H23NO3. The Bertz CT molecular complexity index is 300.